The van der Waals surface area contributed by atoms with Crippen LogP contribution in [0.2, 0.25) is 0 Å². The van der Waals surface area contributed by atoms with Gasteiger partial charge in [-0.15, -0.1) is 11.8 Å². The van der Waals surface area contributed by atoms with E-state index >= 15 is 0 Å². The predicted octanol–water partition coefficient (Wildman–Crippen LogP) is 0.187. The summed E-state index contributed by atoms with van der Waals surface area (Å²) in [5.74, 6) is 1.09. The van der Waals surface area contributed by atoms with Crippen LogP contribution in [-0.4, -0.2) is 34.2 Å². The summed E-state index contributed by atoms with van der Waals surface area (Å²) in [6, 6.07) is 0. The molecule has 10 heavy (non-hydrogen) atoms. The van der Waals surface area contributed by atoms with Crippen molar-refractivity contribution in [3.63, 3.8) is 0 Å². The summed E-state index contributed by atoms with van der Waals surface area (Å²) in [5.41, 5.74) is 0.617. The van der Waals surface area contributed by atoms with E-state index in [4.69, 9.17) is 0 Å². The molecule has 0 aromatic heterocycles. The number of amides is 1. The molecule has 0 aromatic carbocycles. The average Bonchev–Trinajstić information content (AvgIpc) is 2.33. The summed E-state index contributed by atoms with van der Waals surface area (Å²) >= 11 is 5.47. The Morgan fingerprint density at radius 2 is 2.60 bits per heavy atom. The van der Waals surface area contributed by atoms with E-state index in [1.807, 2.05) is 4.90 Å². The Morgan fingerprint density at radius 3 is 3.30 bits per heavy atom. The van der Waals surface area contributed by atoms with Gasteiger partial charge >= 0.3 is 0 Å². The molecule has 0 unspecified atom stereocenters. The smallest absolute Gasteiger partial charge is 0.273 e. The topological polar surface area (TPSA) is 32.7 Å². The lowest BCUT2D eigenvalue weighted by Gasteiger charge is -2.33. The molecule has 1 amide bonds. The van der Waals surface area contributed by atoms with Gasteiger partial charge in [-0.3, -0.25) is 4.79 Å². The molecular formula is C5H6N2OS2. The predicted molar refractivity (Wildman–Crippen MR) is 44.4 cm³/mol. The van der Waals surface area contributed by atoms with Crippen LogP contribution < -0.4 is 0 Å². The third-order valence-electron chi connectivity index (χ3n) is 1.71. The van der Waals surface area contributed by atoms with Crippen LogP contribution in [0.1, 0.15) is 0 Å². The molecule has 1 atom stereocenters. The summed E-state index contributed by atoms with van der Waals surface area (Å²) < 4.78 is 3.62. The van der Waals surface area contributed by atoms with Crippen molar-refractivity contribution < 1.29 is 4.79 Å². The van der Waals surface area contributed by atoms with Gasteiger partial charge in [0.05, 0.1) is 0 Å². The lowest BCUT2D eigenvalue weighted by atomic mass is 10.2. The van der Waals surface area contributed by atoms with Crippen molar-refractivity contribution in [2.75, 3.05) is 12.3 Å². The van der Waals surface area contributed by atoms with Gasteiger partial charge in [-0.25, -0.2) is 4.40 Å². The van der Waals surface area contributed by atoms with Gasteiger partial charge in [0.2, 0.25) is 0 Å². The molecule has 0 radical (unpaired) electrons. The Kier molecular flexibility index (Phi) is 1.42. The van der Waals surface area contributed by atoms with Gasteiger partial charge in [0, 0.05) is 12.3 Å². The first-order chi connectivity index (χ1) is 4.84. The molecule has 5 heteroatoms. The first-order valence-corrected chi connectivity index (χ1v) is 4.44. The second-order valence-electron chi connectivity index (χ2n) is 2.21. The first-order valence-electron chi connectivity index (χ1n) is 2.99. The van der Waals surface area contributed by atoms with E-state index in [-0.39, 0.29) is 11.3 Å². The maximum atomic E-state index is 11.0. The largest absolute Gasteiger partial charge is 0.319 e. The number of hydrogen-bond acceptors (Lipinski definition) is 4. The minimum Gasteiger partial charge on any atom is -0.319 e. The van der Waals surface area contributed by atoms with Gasteiger partial charge < -0.3 is 4.90 Å². The minimum atomic E-state index is 0.0602. The standard InChI is InChI=1S/C5H6N2OS2/c8-4-3(6-9)5-7(4)1-2-10-5/h5,9H,1-2H2/t5-/m0/s1. The molecule has 2 aliphatic rings. The van der Waals surface area contributed by atoms with Crippen LogP contribution in [0.25, 0.3) is 0 Å². The second-order valence-corrected chi connectivity index (χ2v) is 3.60. The molecule has 0 bridgehead atoms. The number of hydrogen-bond donors (Lipinski definition) is 1. The summed E-state index contributed by atoms with van der Waals surface area (Å²) in [6.07, 6.45) is 0. The molecule has 2 aliphatic heterocycles. The SMILES string of the molecule is O=C1C(=NS)[C@@H]2SCCN12. The molecule has 2 saturated heterocycles. The van der Waals surface area contributed by atoms with Crippen molar-refractivity contribution >= 4 is 36.2 Å². The lowest BCUT2D eigenvalue weighted by molar-refractivity contribution is -0.127. The van der Waals surface area contributed by atoms with Crippen molar-refractivity contribution in [2.45, 2.75) is 5.37 Å². The van der Waals surface area contributed by atoms with Crippen molar-refractivity contribution in [3.8, 4) is 0 Å². The van der Waals surface area contributed by atoms with E-state index in [1.54, 1.807) is 11.8 Å². The number of rotatable bonds is 0. The maximum absolute atomic E-state index is 11.0. The molecule has 3 nitrogen and oxygen atoms in total. The fourth-order valence-corrected chi connectivity index (χ4v) is 2.67. The zero-order chi connectivity index (χ0) is 7.14. The van der Waals surface area contributed by atoms with Crippen molar-refractivity contribution in [1.82, 2.24) is 4.90 Å². The Labute approximate surface area is 68.4 Å². The van der Waals surface area contributed by atoms with Crippen molar-refractivity contribution in [3.05, 3.63) is 0 Å². The Bertz CT molecular complexity index is 216. The van der Waals surface area contributed by atoms with Gasteiger partial charge in [0.25, 0.3) is 5.91 Å². The highest BCUT2D eigenvalue weighted by molar-refractivity contribution is 8.01. The van der Waals surface area contributed by atoms with Crippen LogP contribution >= 0.6 is 24.6 Å². The van der Waals surface area contributed by atoms with Crippen LogP contribution in [0.4, 0.5) is 0 Å². The average molecular weight is 174 g/mol. The van der Waals surface area contributed by atoms with Crippen LogP contribution in [0.3, 0.4) is 0 Å². The summed E-state index contributed by atoms with van der Waals surface area (Å²) in [6.45, 7) is 0.876. The third-order valence-corrected chi connectivity index (χ3v) is 3.14. The fourth-order valence-electron chi connectivity index (χ4n) is 1.18. The number of fused-ring (bicyclic) bond motifs is 1. The Balaban J connectivity index is 2.23. The van der Waals surface area contributed by atoms with Crippen molar-refractivity contribution in [2.24, 2.45) is 4.40 Å². The van der Waals surface area contributed by atoms with E-state index in [1.165, 1.54) is 0 Å². The number of thiol groups is 1. The maximum Gasteiger partial charge on any atom is 0.273 e. The fraction of sp³-hybridized carbons (Fsp3) is 0.600. The zero-order valence-electron chi connectivity index (χ0n) is 5.15. The quantitative estimate of drug-likeness (QED) is 0.420. The molecule has 2 rings (SSSR count). The highest BCUT2D eigenvalue weighted by atomic mass is 32.2. The summed E-state index contributed by atoms with van der Waals surface area (Å²) in [7, 11) is 0. The molecule has 0 aliphatic carbocycles. The molecule has 0 aromatic rings. The Hall–Kier alpha value is -0.160. The van der Waals surface area contributed by atoms with Gasteiger partial charge in [-0.05, 0) is 12.8 Å². The molecule has 2 heterocycles. The number of carbonyl (C=O) groups excluding carboxylic acids is 1. The van der Waals surface area contributed by atoms with Gasteiger partial charge in [-0.2, -0.15) is 0 Å². The van der Waals surface area contributed by atoms with Crippen molar-refractivity contribution in [1.29, 1.82) is 0 Å². The molecule has 0 N–H and O–H groups in total. The summed E-state index contributed by atoms with van der Waals surface area (Å²) in [4.78, 5) is 12.8. The Morgan fingerprint density at radius 1 is 1.80 bits per heavy atom. The van der Waals surface area contributed by atoms with E-state index in [0.717, 1.165) is 12.3 Å². The monoisotopic (exact) mass is 174 g/mol. The molecule has 0 saturated carbocycles. The molecule has 2 fully saturated rings. The van der Waals surface area contributed by atoms with Gasteiger partial charge in [0.1, 0.15) is 11.1 Å². The number of β-lactam (4-membered cyclic amide) rings is 1. The van der Waals surface area contributed by atoms with Crippen LogP contribution in [-0.2, 0) is 4.79 Å². The number of thioether (sulfide) groups is 1. The number of carbonyl (C=O) groups is 1. The minimum absolute atomic E-state index is 0.0602. The van der Waals surface area contributed by atoms with E-state index in [0.29, 0.717) is 5.71 Å². The van der Waals surface area contributed by atoms with E-state index in [2.05, 4.69) is 17.2 Å². The van der Waals surface area contributed by atoms with E-state index < -0.39 is 0 Å². The normalized spacial score (nSPS) is 34.5. The molecular weight excluding hydrogens is 168 g/mol. The first kappa shape index (κ1) is 6.54. The molecule has 0 spiro atoms. The van der Waals surface area contributed by atoms with Gasteiger partial charge in [-0.1, -0.05) is 0 Å². The highest BCUT2D eigenvalue weighted by Gasteiger charge is 2.47. The van der Waals surface area contributed by atoms with Gasteiger partial charge in [0.15, 0.2) is 0 Å². The summed E-state index contributed by atoms with van der Waals surface area (Å²) in [5, 5.41) is 0.227. The lowest BCUT2D eigenvalue weighted by Crippen LogP contribution is -2.56. The van der Waals surface area contributed by atoms with Crippen LogP contribution in [0.5, 0.6) is 0 Å². The third kappa shape index (κ3) is 0.645. The van der Waals surface area contributed by atoms with E-state index in [9.17, 15) is 4.79 Å². The highest BCUT2D eigenvalue weighted by Crippen LogP contribution is 2.33. The molecule has 54 valence electrons. The zero-order valence-corrected chi connectivity index (χ0v) is 6.86. The van der Waals surface area contributed by atoms with Crippen LogP contribution in [0.15, 0.2) is 4.40 Å². The number of nitrogens with zero attached hydrogens (tertiary/aromatic N) is 2. The van der Waals surface area contributed by atoms with Crippen LogP contribution in [0, 0.1) is 0 Å². The second kappa shape index (κ2) is 2.17.